The molecule has 3 aromatic carbocycles. The number of ether oxygens (including phenoxy) is 1. The van der Waals surface area contributed by atoms with Gasteiger partial charge in [0.15, 0.2) is 5.82 Å². The highest BCUT2D eigenvalue weighted by Crippen LogP contribution is 2.38. The number of rotatable bonds is 11. The van der Waals surface area contributed by atoms with Crippen LogP contribution in [0.5, 0.6) is 5.75 Å². The van der Waals surface area contributed by atoms with Crippen LogP contribution in [0.4, 0.5) is 25.8 Å². The third kappa shape index (κ3) is 8.13. The Kier molecular flexibility index (Phi) is 11.3. The number of benzene rings is 3. The standard InChI is InChI=1S/C44H47F2N9O5/c1-51(2)44(59)36-23-32-30(22-31(41(46)42(32)49-36)28-6-4-15-54(26-28)40(57)13-17-55-16-5-14-47-55)27-7-9-29(10-8-27)52-18-20-53(21-19-52)37-25-38(60-3)35(24-33(37)45)48-34-11-12-39(56)50-43(34)58/h5-10,14,16,22-25,34,48-49H,4,11-13,15,17-21,26H2,1-3H3,(H,50,56,58). The Labute approximate surface area is 345 Å². The van der Waals surface area contributed by atoms with Gasteiger partial charge >= 0.3 is 0 Å². The molecular formula is C44H47F2N9O5. The Morgan fingerprint density at radius 1 is 0.983 bits per heavy atom. The van der Waals surface area contributed by atoms with E-state index in [1.807, 2.05) is 53.6 Å². The van der Waals surface area contributed by atoms with Crippen molar-refractivity contribution < 1.29 is 32.7 Å². The number of anilines is 3. The highest BCUT2D eigenvalue weighted by Gasteiger charge is 2.29. The van der Waals surface area contributed by atoms with Crippen LogP contribution in [0.1, 0.15) is 41.7 Å². The Morgan fingerprint density at radius 2 is 1.75 bits per heavy atom. The number of hydrogen-bond acceptors (Lipinski definition) is 9. The van der Waals surface area contributed by atoms with E-state index in [1.165, 1.54) is 18.1 Å². The molecule has 0 spiro atoms. The molecule has 2 saturated heterocycles. The van der Waals surface area contributed by atoms with Crippen molar-refractivity contribution in [1.82, 2.24) is 29.9 Å². The van der Waals surface area contributed by atoms with Gasteiger partial charge in [0, 0.05) is 114 Å². The smallest absolute Gasteiger partial charge is 0.269 e. The summed E-state index contributed by atoms with van der Waals surface area (Å²) in [5, 5.41) is 10.1. The van der Waals surface area contributed by atoms with Gasteiger partial charge in [-0.1, -0.05) is 18.2 Å². The summed E-state index contributed by atoms with van der Waals surface area (Å²) in [5.41, 5.74) is 4.83. The number of halogens is 2. The average Bonchev–Trinajstić information content (AvgIpc) is 3.96. The van der Waals surface area contributed by atoms with E-state index in [-0.39, 0.29) is 48.3 Å². The molecular weight excluding hydrogens is 773 g/mol. The fraction of sp³-hybridized carbons (Fsp3) is 0.341. The van der Waals surface area contributed by atoms with Crippen LogP contribution in [0, 0.1) is 11.6 Å². The number of imide groups is 1. The summed E-state index contributed by atoms with van der Waals surface area (Å²) in [4.78, 5) is 60.6. The molecule has 2 aromatic heterocycles. The van der Waals surface area contributed by atoms with Gasteiger partial charge in [0.1, 0.15) is 23.3 Å². The van der Waals surface area contributed by atoms with Crippen LogP contribution in [0.15, 0.2) is 73.1 Å². The van der Waals surface area contributed by atoms with Crippen LogP contribution in [0.2, 0.25) is 0 Å². The summed E-state index contributed by atoms with van der Waals surface area (Å²) in [6, 6.07) is 15.6. The maximum absolute atomic E-state index is 16.6. The van der Waals surface area contributed by atoms with Crippen molar-refractivity contribution in [2.75, 3.05) is 75.6 Å². The molecule has 8 rings (SSSR count). The molecule has 0 aliphatic carbocycles. The molecule has 1 atom stereocenters. The number of aryl methyl sites for hydroxylation is 1. The highest BCUT2D eigenvalue weighted by atomic mass is 19.1. The van der Waals surface area contributed by atoms with Gasteiger partial charge in [-0.15, -0.1) is 0 Å². The van der Waals surface area contributed by atoms with Crippen molar-refractivity contribution in [3.8, 4) is 16.9 Å². The molecule has 0 bridgehead atoms. The zero-order chi connectivity index (χ0) is 42.1. The Hall–Kier alpha value is -6.71. The topological polar surface area (TPSA) is 148 Å². The first-order chi connectivity index (χ1) is 29.0. The van der Waals surface area contributed by atoms with Crippen molar-refractivity contribution in [3.63, 3.8) is 0 Å². The summed E-state index contributed by atoms with van der Waals surface area (Å²) < 4.78 is 39.5. The fourth-order valence-electron chi connectivity index (χ4n) is 8.18. The number of nitrogens with zero attached hydrogens (tertiary/aromatic N) is 6. The highest BCUT2D eigenvalue weighted by molar-refractivity contribution is 6.05. The number of piperazine rings is 1. The Bertz CT molecular complexity index is 2470. The van der Waals surface area contributed by atoms with E-state index in [4.69, 9.17) is 4.74 Å². The molecule has 3 aliphatic rings. The predicted molar refractivity (Wildman–Crippen MR) is 225 cm³/mol. The zero-order valence-electron chi connectivity index (χ0n) is 33.8. The summed E-state index contributed by atoms with van der Waals surface area (Å²) in [7, 11) is 4.78. The van der Waals surface area contributed by atoms with Crippen molar-refractivity contribution in [1.29, 1.82) is 0 Å². The number of carbonyl (C=O) groups is 4. The molecule has 4 amide bonds. The quantitative estimate of drug-likeness (QED) is 0.152. The summed E-state index contributed by atoms with van der Waals surface area (Å²) in [5.74, 6) is -1.64. The number of carbonyl (C=O) groups excluding carboxylic acids is 4. The third-order valence-corrected chi connectivity index (χ3v) is 11.5. The second-order valence-corrected chi connectivity index (χ2v) is 15.5. The predicted octanol–water partition coefficient (Wildman–Crippen LogP) is 5.27. The van der Waals surface area contributed by atoms with Crippen molar-refractivity contribution in [2.45, 2.75) is 38.3 Å². The minimum absolute atomic E-state index is 0.0323. The SMILES string of the molecule is COc1cc(N2CCN(c3ccc(-c4cc(C5=CCCN(C(=O)CCn6cccn6)C5)c(F)c5[nH]c(C(=O)N(C)C)cc45)cc3)CC2)c(F)cc1NC1CCC(=O)NC1=O. The minimum atomic E-state index is -0.679. The molecule has 1 unspecified atom stereocenters. The van der Waals surface area contributed by atoms with Crippen LogP contribution in [-0.2, 0) is 20.9 Å². The number of piperidine rings is 1. The maximum atomic E-state index is 16.6. The Morgan fingerprint density at radius 3 is 2.45 bits per heavy atom. The summed E-state index contributed by atoms with van der Waals surface area (Å²) >= 11 is 0. The van der Waals surface area contributed by atoms with Crippen LogP contribution >= 0.6 is 0 Å². The molecule has 3 N–H and O–H groups in total. The van der Waals surface area contributed by atoms with E-state index in [9.17, 15) is 19.2 Å². The molecule has 312 valence electrons. The first-order valence-electron chi connectivity index (χ1n) is 20.1. The van der Waals surface area contributed by atoms with Crippen LogP contribution in [0.3, 0.4) is 0 Å². The van der Waals surface area contributed by atoms with E-state index in [2.05, 4.69) is 25.6 Å². The van der Waals surface area contributed by atoms with Gasteiger partial charge in [0.05, 0.1) is 24.0 Å². The van der Waals surface area contributed by atoms with Crippen molar-refractivity contribution in [3.05, 3.63) is 96.0 Å². The lowest BCUT2D eigenvalue weighted by atomic mass is 9.93. The molecule has 5 heterocycles. The first kappa shape index (κ1) is 40.1. The number of methoxy groups -OCH3 is 1. The van der Waals surface area contributed by atoms with Gasteiger partial charge in [0.2, 0.25) is 17.7 Å². The molecule has 16 heteroatoms. The number of fused-ring (bicyclic) bond motifs is 1. The molecule has 5 aromatic rings. The third-order valence-electron chi connectivity index (χ3n) is 11.5. The lowest BCUT2D eigenvalue weighted by Gasteiger charge is -2.37. The molecule has 60 heavy (non-hydrogen) atoms. The number of aromatic nitrogens is 3. The minimum Gasteiger partial charge on any atom is -0.495 e. The van der Waals surface area contributed by atoms with Crippen molar-refractivity contribution in [2.24, 2.45) is 0 Å². The number of amides is 4. The molecule has 3 aliphatic heterocycles. The van der Waals surface area contributed by atoms with Crippen LogP contribution < -0.4 is 25.2 Å². The largest absolute Gasteiger partial charge is 0.495 e. The van der Waals surface area contributed by atoms with E-state index >= 15 is 8.78 Å². The van der Waals surface area contributed by atoms with Gasteiger partial charge < -0.3 is 34.6 Å². The van der Waals surface area contributed by atoms with E-state index in [0.29, 0.717) is 85.8 Å². The Balaban J connectivity index is 1.00. The van der Waals surface area contributed by atoms with Gasteiger partial charge in [-0.2, -0.15) is 5.10 Å². The fourth-order valence-corrected chi connectivity index (χ4v) is 8.18. The van der Waals surface area contributed by atoms with Gasteiger partial charge in [-0.25, -0.2) is 8.78 Å². The van der Waals surface area contributed by atoms with E-state index < -0.39 is 23.6 Å². The zero-order valence-corrected chi connectivity index (χ0v) is 33.8. The number of H-pyrrole nitrogens is 1. The normalized spacial score (nSPS) is 17.1. The lowest BCUT2D eigenvalue weighted by Crippen LogP contribution is -2.47. The number of aromatic amines is 1. The first-order valence-corrected chi connectivity index (χ1v) is 20.1. The number of hydrogen-bond donors (Lipinski definition) is 3. The monoisotopic (exact) mass is 819 g/mol. The summed E-state index contributed by atoms with van der Waals surface area (Å²) in [6.07, 6.45) is 6.83. The lowest BCUT2D eigenvalue weighted by molar-refractivity contribution is -0.134. The van der Waals surface area contributed by atoms with Crippen LogP contribution in [0.25, 0.3) is 27.6 Å². The average molecular weight is 820 g/mol. The van der Waals surface area contributed by atoms with Gasteiger partial charge in [0.25, 0.3) is 5.91 Å². The maximum Gasteiger partial charge on any atom is 0.269 e. The van der Waals surface area contributed by atoms with Gasteiger partial charge in [-0.05, 0) is 59.9 Å². The van der Waals surface area contributed by atoms with Crippen molar-refractivity contribution >= 4 is 57.2 Å². The van der Waals surface area contributed by atoms with E-state index in [1.54, 1.807) is 42.0 Å². The molecule has 2 fully saturated rings. The molecule has 0 saturated carbocycles. The van der Waals surface area contributed by atoms with E-state index in [0.717, 1.165) is 16.8 Å². The second kappa shape index (κ2) is 16.9. The summed E-state index contributed by atoms with van der Waals surface area (Å²) in [6.45, 7) is 3.55. The second-order valence-electron chi connectivity index (χ2n) is 15.5. The van der Waals surface area contributed by atoms with Gasteiger partial charge in [-0.3, -0.25) is 29.2 Å². The van der Waals surface area contributed by atoms with Crippen LogP contribution in [-0.4, -0.2) is 115 Å². The number of nitrogens with one attached hydrogen (secondary N) is 3. The molecule has 14 nitrogen and oxygen atoms in total. The molecule has 0 radical (unpaired) electrons.